The fourth-order valence-electron chi connectivity index (χ4n) is 3.17. The minimum absolute atomic E-state index is 0.262. The van der Waals surface area contributed by atoms with E-state index in [9.17, 15) is 12.8 Å². The van der Waals surface area contributed by atoms with Gasteiger partial charge in [-0.2, -0.15) is 0 Å². The van der Waals surface area contributed by atoms with Crippen LogP contribution in [0.5, 0.6) is 0 Å². The molecule has 0 unspecified atom stereocenters. The lowest BCUT2D eigenvalue weighted by Crippen LogP contribution is -1.99. The van der Waals surface area contributed by atoms with Gasteiger partial charge in [0.1, 0.15) is 5.82 Å². The zero-order chi connectivity index (χ0) is 20.4. The van der Waals surface area contributed by atoms with Crippen LogP contribution in [0.25, 0.3) is 21.7 Å². The molecule has 0 aliphatic heterocycles. The number of rotatable bonds is 5. The molecule has 1 aromatic heterocycles. The van der Waals surface area contributed by atoms with Crippen LogP contribution in [-0.4, -0.2) is 19.7 Å². The zero-order valence-electron chi connectivity index (χ0n) is 15.7. The summed E-state index contributed by atoms with van der Waals surface area (Å²) in [5.74, 6) is -0.327. The van der Waals surface area contributed by atoms with E-state index in [2.05, 4.69) is 0 Å². The van der Waals surface area contributed by atoms with Gasteiger partial charge in [0.05, 0.1) is 20.5 Å². The SMILES string of the molecule is CS(=O)(=O)c1ccccc1-c1sc(Cc2ccccc2)nc1-c1ccc(F)cc1. The Morgan fingerprint density at radius 3 is 2.24 bits per heavy atom. The molecule has 0 amide bonds. The number of hydrogen-bond acceptors (Lipinski definition) is 4. The molecule has 146 valence electrons. The highest BCUT2D eigenvalue weighted by atomic mass is 32.2. The predicted molar refractivity (Wildman–Crippen MR) is 115 cm³/mol. The first-order valence-electron chi connectivity index (χ1n) is 9.01. The van der Waals surface area contributed by atoms with E-state index in [-0.39, 0.29) is 10.7 Å². The van der Waals surface area contributed by atoms with E-state index in [4.69, 9.17) is 4.98 Å². The average Bonchev–Trinajstić information content (AvgIpc) is 3.12. The molecule has 0 aliphatic carbocycles. The van der Waals surface area contributed by atoms with Crippen molar-refractivity contribution in [1.29, 1.82) is 0 Å². The number of aromatic nitrogens is 1. The molecule has 1 heterocycles. The third kappa shape index (κ3) is 4.28. The van der Waals surface area contributed by atoms with Gasteiger partial charge in [0.2, 0.25) is 0 Å². The summed E-state index contributed by atoms with van der Waals surface area (Å²) in [6.45, 7) is 0. The Morgan fingerprint density at radius 1 is 0.897 bits per heavy atom. The van der Waals surface area contributed by atoms with Crippen molar-refractivity contribution in [2.24, 2.45) is 0 Å². The second-order valence-electron chi connectivity index (χ2n) is 6.72. The van der Waals surface area contributed by atoms with Crippen LogP contribution in [0.2, 0.25) is 0 Å². The van der Waals surface area contributed by atoms with Gasteiger partial charge in [-0.25, -0.2) is 17.8 Å². The number of sulfone groups is 1. The van der Waals surface area contributed by atoms with Crippen molar-refractivity contribution >= 4 is 21.2 Å². The van der Waals surface area contributed by atoms with Gasteiger partial charge in [0.15, 0.2) is 9.84 Å². The van der Waals surface area contributed by atoms with Crippen LogP contribution in [0.3, 0.4) is 0 Å². The van der Waals surface area contributed by atoms with Crippen LogP contribution in [-0.2, 0) is 16.3 Å². The number of halogens is 1. The number of hydrogen-bond donors (Lipinski definition) is 0. The minimum Gasteiger partial charge on any atom is -0.240 e. The summed E-state index contributed by atoms with van der Waals surface area (Å²) in [6.07, 6.45) is 1.84. The van der Waals surface area contributed by atoms with E-state index in [1.165, 1.54) is 29.7 Å². The molecule has 6 heteroatoms. The van der Waals surface area contributed by atoms with Crippen molar-refractivity contribution in [3.63, 3.8) is 0 Å². The highest BCUT2D eigenvalue weighted by molar-refractivity contribution is 7.90. The lowest BCUT2D eigenvalue weighted by atomic mass is 10.1. The standard InChI is InChI=1S/C23H18FNO2S2/c1-29(26,27)20-10-6-5-9-19(20)23-22(17-11-13-18(24)14-12-17)25-21(28-23)15-16-7-3-2-4-8-16/h2-14H,15H2,1H3. The van der Waals surface area contributed by atoms with Crippen LogP contribution >= 0.6 is 11.3 Å². The molecule has 3 aromatic carbocycles. The summed E-state index contributed by atoms with van der Waals surface area (Å²) in [6, 6.07) is 23.0. The Morgan fingerprint density at radius 2 is 1.55 bits per heavy atom. The molecular formula is C23H18FNO2S2. The van der Waals surface area contributed by atoms with Crippen LogP contribution in [0.15, 0.2) is 83.8 Å². The van der Waals surface area contributed by atoms with E-state index >= 15 is 0 Å². The second kappa shape index (κ2) is 7.89. The van der Waals surface area contributed by atoms with Crippen LogP contribution in [0.4, 0.5) is 4.39 Å². The normalized spacial score (nSPS) is 11.5. The summed E-state index contributed by atoms with van der Waals surface area (Å²) in [7, 11) is -3.42. The molecule has 0 aliphatic rings. The molecule has 4 aromatic rings. The van der Waals surface area contributed by atoms with Crippen molar-refractivity contribution < 1.29 is 12.8 Å². The topological polar surface area (TPSA) is 47.0 Å². The maximum atomic E-state index is 13.4. The van der Waals surface area contributed by atoms with Gasteiger partial charge in [-0.15, -0.1) is 11.3 Å². The number of nitrogens with zero attached hydrogens (tertiary/aromatic N) is 1. The van der Waals surface area contributed by atoms with E-state index in [0.29, 0.717) is 17.7 Å². The van der Waals surface area contributed by atoms with Gasteiger partial charge >= 0.3 is 0 Å². The summed E-state index contributed by atoms with van der Waals surface area (Å²) >= 11 is 1.47. The first-order chi connectivity index (χ1) is 13.9. The summed E-state index contributed by atoms with van der Waals surface area (Å²) in [5.41, 5.74) is 3.15. The Labute approximate surface area is 173 Å². The zero-order valence-corrected chi connectivity index (χ0v) is 17.3. The summed E-state index contributed by atoms with van der Waals surface area (Å²) < 4.78 is 38.1. The largest absolute Gasteiger partial charge is 0.240 e. The molecule has 0 fully saturated rings. The van der Waals surface area contributed by atoms with Crippen LogP contribution in [0.1, 0.15) is 10.6 Å². The average molecular weight is 424 g/mol. The molecule has 4 rings (SSSR count). The number of thiazole rings is 1. The minimum atomic E-state index is -3.42. The van der Waals surface area contributed by atoms with Crippen molar-refractivity contribution in [1.82, 2.24) is 4.98 Å². The molecule has 0 N–H and O–H groups in total. The van der Waals surface area contributed by atoms with Crippen molar-refractivity contribution in [3.05, 3.63) is 95.3 Å². The Bertz CT molecular complexity index is 1250. The fourth-order valence-corrected chi connectivity index (χ4v) is 5.29. The molecule has 0 radical (unpaired) electrons. The smallest absolute Gasteiger partial charge is 0.176 e. The van der Waals surface area contributed by atoms with Gasteiger partial charge in [-0.05, 0) is 35.9 Å². The van der Waals surface area contributed by atoms with E-state index in [0.717, 1.165) is 21.0 Å². The monoisotopic (exact) mass is 423 g/mol. The summed E-state index contributed by atoms with van der Waals surface area (Å²) in [4.78, 5) is 5.84. The Balaban J connectivity index is 1.89. The van der Waals surface area contributed by atoms with Gasteiger partial charge in [-0.1, -0.05) is 48.5 Å². The van der Waals surface area contributed by atoms with E-state index < -0.39 is 9.84 Å². The van der Waals surface area contributed by atoms with Crippen LogP contribution < -0.4 is 0 Å². The molecule has 29 heavy (non-hydrogen) atoms. The van der Waals surface area contributed by atoms with Gasteiger partial charge < -0.3 is 0 Å². The molecule has 0 atom stereocenters. The third-order valence-electron chi connectivity index (χ3n) is 4.52. The maximum Gasteiger partial charge on any atom is 0.176 e. The number of benzene rings is 3. The molecule has 0 spiro atoms. The lowest BCUT2D eigenvalue weighted by molar-refractivity contribution is 0.602. The van der Waals surface area contributed by atoms with Gasteiger partial charge in [-0.3, -0.25) is 0 Å². The lowest BCUT2D eigenvalue weighted by Gasteiger charge is -2.08. The van der Waals surface area contributed by atoms with E-state index in [1.54, 1.807) is 30.3 Å². The van der Waals surface area contributed by atoms with Crippen molar-refractivity contribution in [2.75, 3.05) is 6.26 Å². The highest BCUT2D eigenvalue weighted by Gasteiger charge is 2.21. The Hall–Kier alpha value is -2.83. The first kappa shape index (κ1) is 19.5. The maximum absolute atomic E-state index is 13.4. The fraction of sp³-hybridized carbons (Fsp3) is 0.0870. The van der Waals surface area contributed by atoms with E-state index in [1.807, 2.05) is 36.4 Å². The molecule has 3 nitrogen and oxygen atoms in total. The van der Waals surface area contributed by atoms with Crippen molar-refractivity contribution in [3.8, 4) is 21.7 Å². The molecular weight excluding hydrogens is 405 g/mol. The molecule has 0 saturated heterocycles. The Kier molecular flexibility index (Phi) is 5.30. The highest BCUT2D eigenvalue weighted by Crippen LogP contribution is 2.40. The van der Waals surface area contributed by atoms with Crippen LogP contribution in [0, 0.1) is 5.82 Å². The predicted octanol–water partition coefficient (Wildman–Crippen LogP) is 5.61. The van der Waals surface area contributed by atoms with Crippen molar-refractivity contribution in [2.45, 2.75) is 11.3 Å². The van der Waals surface area contributed by atoms with Gasteiger partial charge in [0.25, 0.3) is 0 Å². The third-order valence-corrected chi connectivity index (χ3v) is 6.76. The second-order valence-corrected chi connectivity index (χ2v) is 9.79. The quantitative estimate of drug-likeness (QED) is 0.419. The first-order valence-corrected chi connectivity index (χ1v) is 11.7. The van der Waals surface area contributed by atoms with Gasteiger partial charge in [0, 0.05) is 23.8 Å². The summed E-state index contributed by atoms with van der Waals surface area (Å²) in [5, 5.41) is 0.869. The molecule has 0 bridgehead atoms. The molecule has 0 saturated carbocycles.